The van der Waals surface area contributed by atoms with Crippen molar-refractivity contribution in [1.82, 2.24) is 9.88 Å². The van der Waals surface area contributed by atoms with E-state index < -0.39 is 5.41 Å². The predicted octanol–water partition coefficient (Wildman–Crippen LogP) is 5.11. The van der Waals surface area contributed by atoms with E-state index in [0.29, 0.717) is 49.2 Å². The smallest absolute Gasteiger partial charge is 0.233 e. The highest BCUT2D eigenvalue weighted by molar-refractivity contribution is 6.35. The van der Waals surface area contributed by atoms with Gasteiger partial charge < -0.3 is 14.6 Å². The molecular formula is C23H22Cl2N2O2. The van der Waals surface area contributed by atoms with Crippen LogP contribution < -0.4 is 0 Å². The van der Waals surface area contributed by atoms with Crippen molar-refractivity contribution < 1.29 is 9.53 Å². The van der Waals surface area contributed by atoms with E-state index in [4.69, 9.17) is 27.9 Å². The third-order valence-corrected chi connectivity index (χ3v) is 6.92. The number of fused-ring (bicyclic) bond motifs is 3. The molecule has 1 aromatic heterocycles. The zero-order valence-electron chi connectivity index (χ0n) is 16.0. The molecule has 3 aromatic rings. The summed E-state index contributed by atoms with van der Waals surface area (Å²) in [6.45, 7) is 2.42. The van der Waals surface area contributed by atoms with Crippen molar-refractivity contribution in [2.24, 2.45) is 0 Å². The number of rotatable bonds is 2. The standard InChI is InChI=1S/C23H22Cl2N2O2/c24-15-5-6-18(19(25)13-15)23(8-11-29-12-9-23)22(28)27-10-7-21-17(14-27)16-3-1-2-4-20(16)26-21/h1-6,13,26H,7-12,14H2. The average Bonchev–Trinajstić information content (AvgIpc) is 3.11. The van der Waals surface area contributed by atoms with Crippen LogP contribution in [0.25, 0.3) is 10.9 Å². The monoisotopic (exact) mass is 428 g/mol. The number of nitrogens with one attached hydrogen (secondary N) is 1. The first kappa shape index (κ1) is 19.0. The lowest BCUT2D eigenvalue weighted by Gasteiger charge is -2.41. The van der Waals surface area contributed by atoms with Crippen LogP contribution in [0.2, 0.25) is 10.0 Å². The van der Waals surface area contributed by atoms with Crippen molar-refractivity contribution in [3.63, 3.8) is 0 Å². The number of nitrogens with zero attached hydrogens (tertiary/aromatic N) is 1. The molecule has 0 saturated carbocycles. The van der Waals surface area contributed by atoms with E-state index in [1.54, 1.807) is 6.07 Å². The van der Waals surface area contributed by atoms with Gasteiger partial charge in [-0.2, -0.15) is 0 Å². The normalized spacial score (nSPS) is 18.6. The highest BCUT2D eigenvalue weighted by atomic mass is 35.5. The first-order valence-electron chi connectivity index (χ1n) is 10.00. The highest BCUT2D eigenvalue weighted by Gasteiger charge is 2.46. The molecule has 150 valence electrons. The number of H-pyrrole nitrogens is 1. The van der Waals surface area contributed by atoms with Gasteiger partial charge in [0.1, 0.15) is 0 Å². The Bertz CT molecular complexity index is 1090. The number of hydrogen-bond donors (Lipinski definition) is 1. The minimum absolute atomic E-state index is 0.140. The van der Waals surface area contributed by atoms with Crippen LogP contribution in [0.1, 0.15) is 29.7 Å². The summed E-state index contributed by atoms with van der Waals surface area (Å²) >= 11 is 12.7. The summed E-state index contributed by atoms with van der Waals surface area (Å²) in [6, 6.07) is 13.8. The molecule has 1 saturated heterocycles. The number of aromatic nitrogens is 1. The zero-order chi connectivity index (χ0) is 20.0. The molecule has 3 heterocycles. The van der Waals surface area contributed by atoms with Crippen molar-refractivity contribution >= 4 is 40.0 Å². The number of benzene rings is 2. The molecule has 29 heavy (non-hydrogen) atoms. The van der Waals surface area contributed by atoms with Gasteiger partial charge in [0.25, 0.3) is 0 Å². The van der Waals surface area contributed by atoms with E-state index in [1.165, 1.54) is 16.6 Å². The first-order valence-corrected chi connectivity index (χ1v) is 10.8. The van der Waals surface area contributed by atoms with Crippen molar-refractivity contribution in [1.29, 1.82) is 0 Å². The topological polar surface area (TPSA) is 45.3 Å². The molecule has 2 aromatic carbocycles. The summed E-state index contributed by atoms with van der Waals surface area (Å²) in [7, 11) is 0. The number of ether oxygens (including phenoxy) is 1. The molecule has 2 aliphatic rings. The van der Waals surface area contributed by atoms with Gasteiger partial charge in [0, 0.05) is 64.9 Å². The minimum atomic E-state index is -0.663. The van der Waals surface area contributed by atoms with E-state index in [-0.39, 0.29) is 5.91 Å². The zero-order valence-corrected chi connectivity index (χ0v) is 17.5. The highest BCUT2D eigenvalue weighted by Crippen LogP contribution is 2.42. The van der Waals surface area contributed by atoms with Crippen LogP contribution in [0, 0.1) is 0 Å². The fourth-order valence-electron chi connectivity index (χ4n) is 4.84. The fraction of sp³-hybridized carbons (Fsp3) is 0.348. The summed E-state index contributed by atoms with van der Waals surface area (Å²) in [5.41, 5.74) is 3.80. The van der Waals surface area contributed by atoms with Gasteiger partial charge in [0.2, 0.25) is 5.91 Å². The molecule has 0 atom stereocenters. The van der Waals surface area contributed by atoms with Crippen molar-refractivity contribution in [3.05, 3.63) is 69.3 Å². The first-order chi connectivity index (χ1) is 14.1. The maximum Gasteiger partial charge on any atom is 0.233 e. The van der Waals surface area contributed by atoms with Crippen molar-refractivity contribution in [3.8, 4) is 0 Å². The summed E-state index contributed by atoms with van der Waals surface area (Å²) in [5, 5.41) is 2.33. The maximum absolute atomic E-state index is 13.9. The quantitative estimate of drug-likeness (QED) is 0.616. The number of amides is 1. The largest absolute Gasteiger partial charge is 0.381 e. The molecule has 1 fully saturated rings. The summed E-state index contributed by atoms with van der Waals surface area (Å²) in [4.78, 5) is 19.5. The van der Waals surface area contributed by atoms with Gasteiger partial charge in [0.15, 0.2) is 0 Å². The SMILES string of the molecule is O=C(N1CCc2[nH]c3ccccc3c2C1)C1(c2ccc(Cl)cc2Cl)CCOCC1. The molecular weight excluding hydrogens is 407 g/mol. The van der Waals surface area contributed by atoms with Crippen molar-refractivity contribution in [2.75, 3.05) is 19.8 Å². The molecule has 1 N–H and O–H groups in total. The Morgan fingerprint density at radius 2 is 1.90 bits per heavy atom. The van der Waals surface area contributed by atoms with Crippen LogP contribution in [0.4, 0.5) is 0 Å². The summed E-state index contributed by atoms with van der Waals surface area (Å²) < 4.78 is 5.60. The van der Waals surface area contributed by atoms with E-state index in [2.05, 4.69) is 17.1 Å². The molecule has 0 unspecified atom stereocenters. The number of para-hydroxylation sites is 1. The minimum Gasteiger partial charge on any atom is -0.381 e. The van der Waals surface area contributed by atoms with Gasteiger partial charge in [0.05, 0.1) is 5.41 Å². The van der Waals surface area contributed by atoms with Gasteiger partial charge in [-0.3, -0.25) is 4.79 Å². The molecule has 5 rings (SSSR count). The Hall–Kier alpha value is -2.01. The third kappa shape index (κ3) is 3.14. The number of hydrogen-bond acceptors (Lipinski definition) is 2. The van der Waals surface area contributed by atoms with Crippen LogP contribution in [0.5, 0.6) is 0 Å². The van der Waals surface area contributed by atoms with Gasteiger partial charge in [-0.1, -0.05) is 47.5 Å². The van der Waals surface area contributed by atoms with Gasteiger partial charge in [-0.25, -0.2) is 0 Å². The maximum atomic E-state index is 13.9. The van der Waals surface area contributed by atoms with Crippen LogP contribution in [0.3, 0.4) is 0 Å². The lowest BCUT2D eigenvalue weighted by molar-refractivity contribution is -0.142. The molecule has 0 spiro atoms. The van der Waals surface area contributed by atoms with Crippen LogP contribution in [-0.2, 0) is 27.9 Å². The van der Waals surface area contributed by atoms with Crippen LogP contribution in [0.15, 0.2) is 42.5 Å². The molecule has 1 amide bonds. The number of carbonyl (C=O) groups excluding carboxylic acids is 1. The lowest BCUT2D eigenvalue weighted by atomic mass is 9.72. The van der Waals surface area contributed by atoms with E-state index >= 15 is 0 Å². The molecule has 2 aliphatic heterocycles. The number of halogens is 2. The summed E-state index contributed by atoms with van der Waals surface area (Å²) in [6.07, 6.45) is 2.09. The molecule has 6 heteroatoms. The lowest BCUT2D eigenvalue weighted by Crippen LogP contribution is -2.51. The average molecular weight is 429 g/mol. The Balaban J connectivity index is 1.53. The second-order valence-electron chi connectivity index (χ2n) is 7.92. The summed E-state index contributed by atoms with van der Waals surface area (Å²) in [5.74, 6) is 0.140. The Labute approximate surface area is 179 Å². The van der Waals surface area contributed by atoms with Crippen LogP contribution in [-0.4, -0.2) is 35.5 Å². The van der Waals surface area contributed by atoms with E-state index in [9.17, 15) is 4.79 Å². The molecule has 0 bridgehead atoms. The Kier molecular flexibility index (Phi) is 4.81. The number of aromatic amines is 1. The third-order valence-electron chi connectivity index (χ3n) is 6.37. The Morgan fingerprint density at radius 1 is 1.10 bits per heavy atom. The van der Waals surface area contributed by atoms with Crippen LogP contribution >= 0.6 is 23.2 Å². The van der Waals surface area contributed by atoms with E-state index in [0.717, 1.165) is 17.5 Å². The Morgan fingerprint density at radius 3 is 2.69 bits per heavy atom. The molecule has 0 aliphatic carbocycles. The molecule has 0 radical (unpaired) electrons. The fourth-order valence-corrected chi connectivity index (χ4v) is 5.43. The number of carbonyl (C=O) groups is 1. The van der Waals surface area contributed by atoms with E-state index in [1.807, 2.05) is 29.2 Å². The van der Waals surface area contributed by atoms with Gasteiger partial charge in [-0.15, -0.1) is 0 Å². The molecule has 4 nitrogen and oxygen atoms in total. The van der Waals surface area contributed by atoms with Gasteiger partial charge >= 0.3 is 0 Å². The predicted molar refractivity (Wildman–Crippen MR) is 116 cm³/mol. The van der Waals surface area contributed by atoms with Gasteiger partial charge in [-0.05, 0) is 36.6 Å². The second-order valence-corrected chi connectivity index (χ2v) is 8.77. The van der Waals surface area contributed by atoms with Crippen molar-refractivity contribution in [2.45, 2.75) is 31.2 Å². The second kappa shape index (κ2) is 7.35.